The molecule has 0 spiro atoms. The van der Waals surface area contributed by atoms with Crippen molar-refractivity contribution in [2.75, 3.05) is 13.1 Å². The number of likely N-dealkylation sites (tertiary alicyclic amines) is 1. The number of allylic oxidation sites excluding steroid dienone is 4. The molecule has 0 N–H and O–H groups in total. The Hall–Kier alpha value is -3.51. The molecule has 5 rings (SSSR count). The zero-order valence-electron chi connectivity index (χ0n) is 19.5. The standard InChI is InChI=1S/C29H28FN2O3/c30-22-12-7-17-27-28(22)23(31-35-27)13-8-14-24(32-18-5-2-6-19-32)29-25(33)15-9-16-26(29)34-20-21-10-3-1-4-11-21/h1,3-4,7-12,14,16-17,24,29H,2,5-6,13,18-20H2. The summed E-state index contributed by atoms with van der Waals surface area (Å²) < 4.78 is 25.8. The van der Waals surface area contributed by atoms with E-state index in [0.29, 0.717) is 35.5 Å². The minimum atomic E-state index is -0.483. The van der Waals surface area contributed by atoms with Crippen molar-refractivity contribution < 1.29 is 18.4 Å². The first-order valence-corrected chi connectivity index (χ1v) is 12.1. The highest BCUT2D eigenvalue weighted by Gasteiger charge is 2.36. The zero-order valence-corrected chi connectivity index (χ0v) is 19.5. The molecule has 6 heteroatoms. The first kappa shape index (κ1) is 23.2. The van der Waals surface area contributed by atoms with Gasteiger partial charge in [-0.3, -0.25) is 9.69 Å². The van der Waals surface area contributed by atoms with Crippen molar-refractivity contribution in [1.82, 2.24) is 10.1 Å². The first-order chi connectivity index (χ1) is 17.2. The summed E-state index contributed by atoms with van der Waals surface area (Å²) in [4.78, 5) is 15.5. The molecule has 2 heterocycles. The summed E-state index contributed by atoms with van der Waals surface area (Å²) in [6, 6.07) is 14.5. The smallest absolute Gasteiger partial charge is 0.176 e. The van der Waals surface area contributed by atoms with Crippen molar-refractivity contribution >= 4 is 16.8 Å². The van der Waals surface area contributed by atoms with Crippen molar-refractivity contribution in [2.45, 2.75) is 38.3 Å². The Balaban J connectivity index is 1.39. The number of aromatic nitrogens is 1. The number of fused-ring (bicyclic) bond motifs is 1. The highest BCUT2D eigenvalue weighted by atomic mass is 19.1. The Morgan fingerprint density at radius 2 is 1.97 bits per heavy atom. The Morgan fingerprint density at radius 1 is 1.14 bits per heavy atom. The molecule has 2 aliphatic rings. The number of ketones is 1. The number of benzene rings is 2. The van der Waals surface area contributed by atoms with Crippen molar-refractivity contribution in [3.8, 4) is 0 Å². The van der Waals surface area contributed by atoms with Crippen LogP contribution < -0.4 is 0 Å². The third kappa shape index (κ3) is 5.28. The summed E-state index contributed by atoms with van der Waals surface area (Å²) in [6.07, 6.45) is 14.1. The molecule has 2 atom stereocenters. The van der Waals surface area contributed by atoms with E-state index in [0.717, 1.165) is 31.5 Å². The maximum absolute atomic E-state index is 14.4. The van der Waals surface area contributed by atoms with E-state index in [1.165, 1.54) is 12.5 Å². The topological polar surface area (TPSA) is 55.6 Å². The van der Waals surface area contributed by atoms with Gasteiger partial charge in [-0.15, -0.1) is 0 Å². The molecule has 1 radical (unpaired) electrons. The fourth-order valence-electron chi connectivity index (χ4n) is 4.86. The summed E-state index contributed by atoms with van der Waals surface area (Å²) in [7, 11) is 0. The number of carbonyl (C=O) groups excluding carboxylic acids is 1. The van der Waals surface area contributed by atoms with E-state index in [4.69, 9.17) is 9.26 Å². The molecular formula is C29H28FN2O3. The molecule has 0 bridgehead atoms. The first-order valence-electron chi connectivity index (χ1n) is 12.1. The molecule has 1 fully saturated rings. The lowest BCUT2D eigenvalue weighted by molar-refractivity contribution is -0.120. The maximum Gasteiger partial charge on any atom is 0.176 e. The second kappa shape index (κ2) is 10.8. The predicted molar refractivity (Wildman–Crippen MR) is 132 cm³/mol. The lowest BCUT2D eigenvalue weighted by Crippen LogP contribution is -2.46. The van der Waals surface area contributed by atoms with Crippen LogP contribution in [0.3, 0.4) is 0 Å². The van der Waals surface area contributed by atoms with Gasteiger partial charge in [0.25, 0.3) is 0 Å². The van der Waals surface area contributed by atoms with Crippen LogP contribution in [-0.4, -0.2) is 35.0 Å². The van der Waals surface area contributed by atoms with Crippen LogP contribution in [0.25, 0.3) is 11.0 Å². The average Bonchev–Trinajstić information content (AvgIpc) is 3.31. The van der Waals surface area contributed by atoms with Gasteiger partial charge in [0, 0.05) is 18.5 Å². The number of ether oxygens (including phenoxy) is 1. The van der Waals surface area contributed by atoms with Gasteiger partial charge in [-0.05, 0) is 55.8 Å². The van der Waals surface area contributed by atoms with Gasteiger partial charge in [0.15, 0.2) is 11.4 Å². The van der Waals surface area contributed by atoms with Crippen LogP contribution in [0.1, 0.15) is 30.5 Å². The third-order valence-electron chi connectivity index (χ3n) is 6.63. The van der Waals surface area contributed by atoms with Crippen LogP contribution in [-0.2, 0) is 22.6 Å². The molecule has 0 amide bonds. The number of hydrogen-bond acceptors (Lipinski definition) is 5. The summed E-state index contributed by atoms with van der Waals surface area (Å²) >= 11 is 0. The lowest BCUT2D eigenvalue weighted by Gasteiger charge is -2.38. The van der Waals surface area contributed by atoms with Crippen LogP contribution in [0.2, 0.25) is 0 Å². The Labute approximate surface area is 204 Å². The SMILES string of the molecule is O=C1[C]=CC=C(OCc2ccccc2)C1C(C=CCc1noc2cccc(F)c12)N1CCCCC1. The number of piperidine rings is 1. The molecule has 35 heavy (non-hydrogen) atoms. The highest BCUT2D eigenvalue weighted by Crippen LogP contribution is 2.30. The molecule has 1 aliphatic carbocycles. The number of nitrogens with zero attached hydrogens (tertiary/aromatic N) is 2. The number of carbonyl (C=O) groups is 1. The molecule has 1 aromatic heterocycles. The second-order valence-electron chi connectivity index (χ2n) is 8.96. The lowest BCUT2D eigenvalue weighted by atomic mass is 9.87. The van der Waals surface area contributed by atoms with Gasteiger partial charge in [-0.25, -0.2) is 4.39 Å². The second-order valence-corrected chi connectivity index (χ2v) is 8.96. The van der Waals surface area contributed by atoms with Gasteiger partial charge in [-0.2, -0.15) is 0 Å². The van der Waals surface area contributed by atoms with Gasteiger partial charge in [0.1, 0.15) is 18.2 Å². The van der Waals surface area contributed by atoms with E-state index >= 15 is 0 Å². The van der Waals surface area contributed by atoms with Gasteiger partial charge >= 0.3 is 0 Å². The molecule has 5 nitrogen and oxygen atoms in total. The zero-order chi connectivity index (χ0) is 24.0. The molecule has 3 aromatic rings. The normalized spacial score (nSPS) is 19.9. The van der Waals surface area contributed by atoms with E-state index in [9.17, 15) is 9.18 Å². The van der Waals surface area contributed by atoms with Crippen LogP contribution in [0.5, 0.6) is 0 Å². The van der Waals surface area contributed by atoms with E-state index in [-0.39, 0.29) is 17.6 Å². The van der Waals surface area contributed by atoms with E-state index < -0.39 is 5.92 Å². The van der Waals surface area contributed by atoms with Crippen LogP contribution in [0.4, 0.5) is 4.39 Å². The Morgan fingerprint density at radius 3 is 2.80 bits per heavy atom. The van der Waals surface area contributed by atoms with Gasteiger partial charge in [-0.1, -0.05) is 60.1 Å². The van der Waals surface area contributed by atoms with Crippen molar-refractivity contribution in [3.63, 3.8) is 0 Å². The van der Waals surface area contributed by atoms with Crippen LogP contribution >= 0.6 is 0 Å². The molecular weight excluding hydrogens is 443 g/mol. The van der Waals surface area contributed by atoms with Crippen LogP contribution in [0, 0.1) is 17.8 Å². The van der Waals surface area contributed by atoms with Crippen LogP contribution in [0.15, 0.2) is 83.1 Å². The predicted octanol–water partition coefficient (Wildman–Crippen LogP) is 5.58. The number of Topliss-reactive ketones (excluding diaryl/α,β-unsaturated/α-hetero) is 1. The fourth-order valence-corrected chi connectivity index (χ4v) is 4.86. The minimum Gasteiger partial charge on any atom is -0.492 e. The van der Waals surface area contributed by atoms with Crippen molar-refractivity contribution in [3.05, 3.63) is 102 Å². The van der Waals surface area contributed by atoms with E-state index in [1.807, 2.05) is 48.6 Å². The number of hydrogen-bond donors (Lipinski definition) is 0. The number of halogens is 1. The minimum absolute atomic E-state index is 0.0892. The van der Waals surface area contributed by atoms with Crippen molar-refractivity contribution in [1.29, 1.82) is 0 Å². The average molecular weight is 472 g/mol. The molecule has 1 saturated heterocycles. The summed E-state index contributed by atoms with van der Waals surface area (Å²) in [5.41, 5.74) is 2.02. The summed E-state index contributed by atoms with van der Waals surface area (Å²) in [5.74, 6) is -0.269. The molecule has 1 aliphatic heterocycles. The number of rotatable bonds is 8. The van der Waals surface area contributed by atoms with E-state index in [1.54, 1.807) is 18.2 Å². The van der Waals surface area contributed by atoms with Gasteiger partial charge in [0.05, 0.1) is 17.0 Å². The molecule has 0 saturated carbocycles. The maximum atomic E-state index is 14.4. The molecule has 179 valence electrons. The quantitative estimate of drug-likeness (QED) is 0.402. The van der Waals surface area contributed by atoms with Gasteiger partial charge < -0.3 is 9.26 Å². The molecule has 2 unspecified atom stereocenters. The fraction of sp³-hybridized carbons (Fsp3) is 0.310. The Kier molecular flexibility index (Phi) is 7.19. The third-order valence-corrected chi connectivity index (χ3v) is 6.63. The van der Waals surface area contributed by atoms with Crippen molar-refractivity contribution in [2.24, 2.45) is 5.92 Å². The van der Waals surface area contributed by atoms with E-state index in [2.05, 4.69) is 16.1 Å². The van der Waals surface area contributed by atoms with Gasteiger partial charge in [0.2, 0.25) is 0 Å². The summed E-state index contributed by atoms with van der Waals surface area (Å²) in [6.45, 7) is 2.22. The Bertz CT molecular complexity index is 1260. The highest BCUT2D eigenvalue weighted by molar-refractivity contribution is 5.92. The summed E-state index contributed by atoms with van der Waals surface area (Å²) in [5, 5.41) is 4.48. The monoisotopic (exact) mass is 471 g/mol. The molecule has 2 aromatic carbocycles. The largest absolute Gasteiger partial charge is 0.492 e.